The Morgan fingerprint density at radius 3 is 2.69 bits per heavy atom. The summed E-state index contributed by atoms with van der Waals surface area (Å²) < 4.78 is 0. The molecule has 0 aromatic carbocycles. The summed E-state index contributed by atoms with van der Waals surface area (Å²) in [6, 6.07) is 0. The van der Waals surface area contributed by atoms with Crippen LogP contribution in [0, 0.1) is 13.8 Å². The summed E-state index contributed by atoms with van der Waals surface area (Å²) in [5.74, 6) is 0. The van der Waals surface area contributed by atoms with Crippen LogP contribution in [0.1, 0.15) is 10.6 Å². The molecule has 0 aliphatic carbocycles. The zero-order chi connectivity index (χ0) is 12.1. The van der Waals surface area contributed by atoms with Gasteiger partial charge in [-0.2, -0.15) is 0 Å². The molecule has 0 atom stereocenters. The molecule has 0 fully saturated rings. The largest absolute Gasteiger partial charge is 0.366 e. The molecule has 0 bridgehead atoms. The van der Waals surface area contributed by atoms with Crippen LogP contribution in [0.3, 0.4) is 0 Å². The van der Waals surface area contributed by atoms with Crippen LogP contribution in [-0.2, 0) is 0 Å². The highest BCUT2D eigenvalue weighted by atomic mass is 32.1. The third kappa shape index (κ3) is 3.61. The third-order valence-electron chi connectivity index (χ3n) is 2.30. The summed E-state index contributed by atoms with van der Waals surface area (Å²) in [5, 5.41) is 7.73. The molecule has 0 saturated heterocycles. The van der Waals surface area contributed by atoms with Crippen LogP contribution in [0.2, 0.25) is 0 Å². The highest BCUT2D eigenvalue weighted by Gasteiger charge is 2.07. The number of nitrogens with zero attached hydrogens (tertiary/aromatic N) is 2. The van der Waals surface area contributed by atoms with E-state index in [2.05, 4.69) is 27.4 Å². The Kier molecular flexibility index (Phi) is 4.95. The Morgan fingerprint density at radius 1 is 1.50 bits per heavy atom. The Labute approximate surface area is 106 Å². The molecule has 0 unspecified atom stereocenters. The molecule has 90 valence electrons. The molecule has 0 aliphatic heterocycles. The van der Waals surface area contributed by atoms with Crippen LogP contribution in [0.4, 0.5) is 5.13 Å². The molecule has 1 heterocycles. The van der Waals surface area contributed by atoms with Crippen molar-refractivity contribution in [1.82, 2.24) is 15.6 Å². The van der Waals surface area contributed by atoms with E-state index in [1.807, 2.05) is 21.0 Å². The van der Waals surface area contributed by atoms with Crippen molar-refractivity contribution < 1.29 is 0 Å². The van der Waals surface area contributed by atoms with E-state index in [4.69, 9.17) is 12.2 Å². The van der Waals surface area contributed by atoms with Crippen molar-refractivity contribution in [3.05, 3.63) is 10.6 Å². The first-order valence-corrected chi connectivity index (χ1v) is 6.37. The number of thiazole rings is 1. The van der Waals surface area contributed by atoms with Crippen molar-refractivity contribution >= 4 is 33.8 Å². The number of rotatable bonds is 4. The van der Waals surface area contributed by atoms with Crippen molar-refractivity contribution in [2.45, 2.75) is 13.8 Å². The van der Waals surface area contributed by atoms with E-state index in [0.29, 0.717) is 5.11 Å². The topological polar surface area (TPSA) is 40.2 Å². The molecular formula is C10H18N4S2. The van der Waals surface area contributed by atoms with Crippen molar-refractivity contribution in [1.29, 1.82) is 0 Å². The predicted octanol–water partition coefficient (Wildman–Crippen LogP) is 1.29. The molecule has 0 spiro atoms. The normalized spacial score (nSPS) is 10.0. The number of aryl methyl sites for hydroxylation is 2. The van der Waals surface area contributed by atoms with E-state index in [1.165, 1.54) is 4.88 Å². The molecule has 0 amide bonds. The van der Waals surface area contributed by atoms with Crippen LogP contribution >= 0.6 is 23.6 Å². The van der Waals surface area contributed by atoms with Gasteiger partial charge in [0, 0.05) is 32.1 Å². The smallest absolute Gasteiger partial charge is 0.185 e. The van der Waals surface area contributed by atoms with E-state index in [-0.39, 0.29) is 0 Å². The Morgan fingerprint density at radius 2 is 2.19 bits per heavy atom. The van der Waals surface area contributed by atoms with Crippen molar-refractivity contribution in [2.75, 3.05) is 32.1 Å². The van der Waals surface area contributed by atoms with Gasteiger partial charge in [0.2, 0.25) is 0 Å². The van der Waals surface area contributed by atoms with E-state index in [9.17, 15) is 0 Å². The highest BCUT2D eigenvalue weighted by Crippen LogP contribution is 2.23. The summed E-state index contributed by atoms with van der Waals surface area (Å²) in [5.41, 5.74) is 1.12. The van der Waals surface area contributed by atoms with Gasteiger partial charge in [-0.25, -0.2) is 4.98 Å². The first-order valence-electron chi connectivity index (χ1n) is 5.15. The number of hydrogen-bond acceptors (Lipinski definition) is 4. The van der Waals surface area contributed by atoms with Crippen LogP contribution in [0.5, 0.6) is 0 Å². The minimum Gasteiger partial charge on any atom is -0.366 e. The molecule has 1 aromatic heterocycles. The Hall–Kier alpha value is -0.880. The molecule has 0 radical (unpaired) electrons. The quantitative estimate of drug-likeness (QED) is 0.797. The second-order valence-corrected chi connectivity index (χ2v) is 5.16. The highest BCUT2D eigenvalue weighted by molar-refractivity contribution is 7.80. The van der Waals surface area contributed by atoms with Gasteiger partial charge >= 0.3 is 0 Å². The minimum absolute atomic E-state index is 0.680. The lowest BCUT2D eigenvalue weighted by molar-refractivity contribution is 0.810. The molecule has 4 nitrogen and oxygen atoms in total. The van der Waals surface area contributed by atoms with Crippen molar-refractivity contribution in [3.8, 4) is 0 Å². The second kappa shape index (κ2) is 6.00. The summed E-state index contributed by atoms with van der Waals surface area (Å²) >= 11 is 6.72. The molecule has 1 rings (SSSR count). The van der Waals surface area contributed by atoms with Crippen molar-refractivity contribution in [2.24, 2.45) is 0 Å². The number of aromatic nitrogens is 1. The molecule has 2 N–H and O–H groups in total. The minimum atomic E-state index is 0.680. The maximum Gasteiger partial charge on any atom is 0.185 e. The van der Waals surface area contributed by atoms with E-state index < -0.39 is 0 Å². The summed E-state index contributed by atoms with van der Waals surface area (Å²) in [4.78, 5) is 7.91. The number of likely N-dealkylation sites (N-methyl/N-ethyl adjacent to an activating group) is 1. The van der Waals surface area contributed by atoms with Gasteiger partial charge < -0.3 is 15.5 Å². The fourth-order valence-electron chi connectivity index (χ4n) is 1.14. The van der Waals surface area contributed by atoms with E-state index in [1.54, 1.807) is 11.3 Å². The standard InChI is InChI=1S/C10H18N4S2/c1-7-8(2)16-10(13-7)14(4)6-5-12-9(15)11-3/h5-6H2,1-4H3,(H2,11,12,15). The second-order valence-electron chi connectivity index (χ2n) is 3.57. The fourth-order valence-corrected chi connectivity index (χ4v) is 2.14. The zero-order valence-corrected chi connectivity index (χ0v) is 11.8. The van der Waals surface area contributed by atoms with Gasteiger partial charge in [-0.1, -0.05) is 0 Å². The SMILES string of the molecule is CNC(=S)NCCN(C)c1nc(C)c(C)s1. The first-order chi connectivity index (χ1) is 7.54. The summed E-state index contributed by atoms with van der Waals surface area (Å²) in [6.07, 6.45) is 0. The molecule has 6 heteroatoms. The van der Waals surface area contributed by atoms with Gasteiger partial charge in [-0.05, 0) is 26.1 Å². The van der Waals surface area contributed by atoms with Gasteiger partial charge in [0.05, 0.1) is 5.69 Å². The van der Waals surface area contributed by atoms with E-state index in [0.717, 1.165) is 23.9 Å². The van der Waals surface area contributed by atoms with Gasteiger partial charge in [-0.3, -0.25) is 0 Å². The molecular weight excluding hydrogens is 240 g/mol. The lowest BCUT2D eigenvalue weighted by Gasteiger charge is -2.16. The monoisotopic (exact) mass is 258 g/mol. The zero-order valence-electron chi connectivity index (χ0n) is 10.1. The maximum atomic E-state index is 5.00. The van der Waals surface area contributed by atoms with Gasteiger partial charge in [-0.15, -0.1) is 11.3 Å². The molecule has 16 heavy (non-hydrogen) atoms. The average molecular weight is 258 g/mol. The number of thiocarbonyl (C=S) groups is 1. The predicted molar refractivity (Wildman–Crippen MR) is 74.5 cm³/mol. The van der Waals surface area contributed by atoms with Crippen LogP contribution < -0.4 is 15.5 Å². The van der Waals surface area contributed by atoms with Gasteiger partial charge in [0.1, 0.15) is 0 Å². The summed E-state index contributed by atoms with van der Waals surface area (Å²) in [7, 11) is 3.86. The average Bonchev–Trinajstić information content (AvgIpc) is 2.59. The molecule has 0 aliphatic rings. The van der Waals surface area contributed by atoms with Crippen LogP contribution in [0.25, 0.3) is 0 Å². The first kappa shape index (κ1) is 13.2. The van der Waals surface area contributed by atoms with Crippen molar-refractivity contribution in [3.63, 3.8) is 0 Å². The number of hydrogen-bond donors (Lipinski definition) is 2. The number of anilines is 1. The molecule has 0 saturated carbocycles. The van der Waals surface area contributed by atoms with Crippen LogP contribution in [-0.4, -0.2) is 37.3 Å². The number of nitrogens with one attached hydrogen (secondary N) is 2. The van der Waals surface area contributed by atoms with Gasteiger partial charge in [0.15, 0.2) is 10.2 Å². The molecule has 1 aromatic rings. The third-order valence-corrected chi connectivity index (χ3v) is 3.84. The maximum absolute atomic E-state index is 5.00. The van der Waals surface area contributed by atoms with E-state index >= 15 is 0 Å². The lowest BCUT2D eigenvalue weighted by atomic mass is 10.4. The Balaban J connectivity index is 2.40. The Bertz CT molecular complexity index is 342. The summed E-state index contributed by atoms with van der Waals surface area (Å²) in [6.45, 7) is 5.83. The van der Waals surface area contributed by atoms with Gasteiger partial charge in [0.25, 0.3) is 0 Å². The van der Waals surface area contributed by atoms with Crippen LogP contribution in [0.15, 0.2) is 0 Å². The fraction of sp³-hybridized carbons (Fsp3) is 0.600. The lowest BCUT2D eigenvalue weighted by Crippen LogP contribution is -2.37.